The number of nitrogens with zero attached hydrogens (tertiary/aromatic N) is 2. The maximum absolute atomic E-state index is 13.4. The number of nitrogens with one attached hydrogen (secondary N) is 2. The molecule has 6 atom stereocenters. The van der Waals surface area contributed by atoms with Crippen molar-refractivity contribution >= 4 is 22.2 Å². The van der Waals surface area contributed by atoms with Crippen molar-refractivity contribution in [1.82, 2.24) is 19.8 Å². The number of hydrogen-bond donors (Lipinski definition) is 2. The van der Waals surface area contributed by atoms with Gasteiger partial charge in [-0.05, 0) is 33.2 Å². The van der Waals surface area contributed by atoms with Crippen LogP contribution in [-0.4, -0.2) is 99.6 Å². The lowest BCUT2D eigenvalue weighted by atomic mass is 10.00. The Morgan fingerprint density at radius 1 is 1.43 bits per heavy atom. The van der Waals surface area contributed by atoms with E-state index in [4.69, 9.17) is 4.74 Å². The summed E-state index contributed by atoms with van der Waals surface area (Å²) in [6.07, 6.45) is 2.27. The number of carbonyl (C=O) groups is 2. The number of methoxy groups -OCH3 is 1. The SMILES string of the molecule is CNC(C)(C=O)CNC(C(=O)N1CCC2C1C(C)CN2S(C)(=O)=O)C(C)OC. The van der Waals surface area contributed by atoms with E-state index < -0.39 is 27.7 Å². The number of hydrogen-bond acceptors (Lipinski definition) is 7. The average Bonchev–Trinajstić information content (AvgIpc) is 3.22. The Hall–Kier alpha value is -1.07. The fourth-order valence-electron chi connectivity index (χ4n) is 4.25. The van der Waals surface area contributed by atoms with E-state index in [1.54, 1.807) is 26.0 Å². The number of aldehydes is 1. The summed E-state index contributed by atoms with van der Waals surface area (Å²) in [5.41, 5.74) is -0.798. The van der Waals surface area contributed by atoms with Gasteiger partial charge in [0.25, 0.3) is 0 Å². The van der Waals surface area contributed by atoms with Crippen molar-refractivity contribution in [1.29, 1.82) is 0 Å². The second-order valence-electron chi connectivity index (χ2n) is 8.27. The number of likely N-dealkylation sites (N-methyl/N-ethyl adjacent to an activating group) is 1. The monoisotopic (exact) mass is 418 g/mol. The third kappa shape index (κ3) is 4.56. The molecule has 0 aromatic carbocycles. The molecule has 2 rings (SSSR count). The summed E-state index contributed by atoms with van der Waals surface area (Å²) in [6, 6.07) is -0.946. The molecule has 0 aromatic heterocycles. The number of ether oxygens (including phenoxy) is 1. The molecule has 0 saturated carbocycles. The molecular formula is C18H34N4O5S. The maximum Gasteiger partial charge on any atom is 0.242 e. The van der Waals surface area contributed by atoms with Gasteiger partial charge in [-0.15, -0.1) is 0 Å². The molecule has 0 bridgehead atoms. The minimum Gasteiger partial charge on any atom is -0.380 e. The predicted octanol–water partition coefficient (Wildman–Crippen LogP) is -0.963. The van der Waals surface area contributed by atoms with Gasteiger partial charge in [-0.3, -0.25) is 4.79 Å². The number of sulfonamides is 1. The van der Waals surface area contributed by atoms with Crippen molar-refractivity contribution in [3.05, 3.63) is 0 Å². The van der Waals surface area contributed by atoms with Crippen LogP contribution in [0.1, 0.15) is 27.2 Å². The van der Waals surface area contributed by atoms with Gasteiger partial charge < -0.3 is 25.1 Å². The van der Waals surface area contributed by atoms with Crippen LogP contribution in [-0.2, 0) is 24.3 Å². The molecule has 9 nitrogen and oxygen atoms in total. The lowest BCUT2D eigenvalue weighted by molar-refractivity contribution is -0.138. The first-order valence-electron chi connectivity index (χ1n) is 9.67. The lowest BCUT2D eigenvalue weighted by Gasteiger charge is -2.34. The van der Waals surface area contributed by atoms with Gasteiger partial charge in [0.05, 0.1) is 23.9 Å². The molecule has 28 heavy (non-hydrogen) atoms. The standard InChI is InChI=1S/C18H34N4O5S/c1-12-9-22(28(6,25)26)14-7-8-21(16(12)14)17(24)15(13(2)27-5)20-10-18(3,11-23)19-4/h11-16,19-20H,7-10H2,1-6H3. The molecule has 2 heterocycles. The molecule has 2 saturated heterocycles. The van der Waals surface area contributed by atoms with Crippen LogP contribution in [0, 0.1) is 5.92 Å². The number of carbonyl (C=O) groups excluding carboxylic acids is 2. The minimum atomic E-state index is -3.31. The van der Waals surface area contributed by atoms with Crippen LogP contribution in [0.4, 0.5) is 0 Å². The Labute approximate surface area is 168 Å². The third-order valence-electron chi connectivity index (χ3n) is 6.18. The van der Waals surface area contributed by atoms with Gasteiger partial charge in [0.15, 0.2) is 0 Å². The van der Waals surface area contributed by atoms with E-state index in [2.05, 4.69) is 10.6 Å². The molecule has 2 aliphatic rings. The van der Waals surface area contributed by atoms with Crippen LogP contribution in [0.15, 0.2) is 0 Å². The van der Waals surface area contributed by atoms with Gasteiger partial charge in [0, 0.05) is 32.8 Å². The number of rotatable bonds is 9. The lowest BCUT2D eigenvalue weighted by Crippen LogP contribution is -2.59. The number of fused-ring (bicyclic) bond motifs is 1. The summed E-state index contributed by atoms with van der Waals surface area (Å²) >= 11 is 0. The van der Waals surface area contributed by atoms with E-state index in [-0.39, 0.29) is 30.5 Å². The summed E-state index contributed by atoms with van der Waals surface area (Å²) in [7, 11) is -0.0746. The minimum absolute atomic E-state index is 0.0576. The van der Waals surface area contributed by atoms with Crippen LogP contribution in [0.3, 0.4) is 0 Å². The van der Waals surface area contributed by atoms with Crippen LogP contribution >= 0.6 is 0 Å². The summed E-state index contributed by atoms with van der Waals surface area (Å²) in [4.78, 5) is 26.6. The smallest absolute Gasteiger partial charge is 0.242 e. The Kier molecular flexibility index (Phi) is 7.25. The highest BCUT2D eigenvalue weighted by Gasteiger charge is 2.52. The molecule has 162 valence electrons. The molecule has 10 heteroatoms. The molecule has 0 aromatic rings. The molecule has 6 unspecified atom stereocenters. The topological polar surface area (TPSA) is 108 Å². The summed E-state index contributed by atoms with van der Waals surface area (Å²) in [6.45, 7) is 6.75. The Bertz CT molecular complexity index is 687. The second kappa shape index (κ2) is 8.74. The average molecular weight is 419 g/mol. The Balaban J connectivity index is 2.20. The summed E-state index contributed by atoms with van der Waals surface area (Å²) < 4.78 is 31.2. The molecule has 2 fully saturated rings. The van der Waals surface area contributed by atoms with Crippen LogP contribution in [0.25, 0.3) is 0 Å². The fraction of sp³-hybridized carbons (Fsp3) is 0.889. The van der Waals surface area contributed by atoms with Gasteiger partial charge in [0.1, 0.15) is 12.3 Å². The van der Waals surface area contributed by atoms with Gasteiger partial charge in [-0.25, -0.2) is 8.42 Å². The van der Waals surface area contributed by atoms with Crippen molar-refractivity contribution in [3.63, 3.8) is 0 Å². The van der Waals surface area contributed by atoms with Crippen LogP contribution in [0.5, 0.6) is 0 Å². The molecule has 2 N–H and O–H groups in total. The second-order valence-corrected chi connectivity index (χ2v) is 10.2. The highest BCUT2D eigenvalue weighted by atomic mass is 32.2. The first kappa shape index (κ1) is 23.2. The first-order valence-corrected chi connectivity index (χ1v) is 11.5. The van der Waals surface area contributed by atoms with E-state index in [0.29, 0.717) is 19.5 Å². The quantitative estimate of drug-likeness (QED) is 0.464. The van der Waals surface area contributed by atoms with Crippen molar-refractivity contribution in [2.75, 3.05) is 40.0 Å². The van der Waals surface area contributed by atoms with Crippen molar-refractivity contribution in [2.45, 2.75) is 57.0 Å². The van der Waals surface area contributed by atoms with E-state index in [0.717, 1.165) is 6.29 Å². The van der Waals surface area contributed by atoms with E-state index in [1.165, 1.54) is 10.6 Å². The first-order chi connectivity index (χ1) is 13.0. The molecular weight excluding hydrogens is 384 g/mol. The largest absolute Gasteiger partial charge is 0.380 e. The number of amides is 1. The Morgan fingerprint density at radius 3 is 2.57 bits per heavy atom. The van der Waals surface area contributed by atoms with Crippen LogP contribution < -0.4 is 10.6 Å². The van der Waals surface area contributed by atoms with Crippen molar-refractivity contribution in [2.24, 2.45) is 5.92 Å². The maximum atomic E-state index is 13.4. The zero-order valence-corrected chi connectivity index (χ0v) is 18.5. The van der Waals surface area contributed by atoms with E-state index >= 15 is 0 Å². The zero-order valence-electron chi connectivity index (χ0n) is 17.6. The molecule has 0 aliphatic carbocycles. The van der Waals surface area contributed by atoms with Gasteiger partial charge >= 0.3 is 0 Å². The third-order valence-corrected chi connectivity index (χ3v) is 7.45. The summed E-state index contributed by atoms with van der Waals surface area (Å²) in [5, 5.41) is 6.13. The normalized spacial score (nSPS) is 29.9. The fourth-order valence-corrected chi connectivity index (χ4v) is 5.47. The van der Waals surface area contributed by atoms with E-state index in [9.17, 15) is 18.0 Å². The molecule has 2 aliphatic heterocycles. The zero-order chi connectivity index (χ0) is 21.3. The summed E-state index contributed by atoms with van der Waals surface area (Å²) in [5.74, 6) is -0.0596. The number of likely N-dealkylation sites (tertiary alicyclic amines) is 1. The molecule has 0 spiro atoms. The highest BCUT2D eigenvalue weighted by molar-refractivity contribution is 7.88. The molecule has 0 radical (unpaired) electrons. The van der Waals surface area contributed by atoms with Gasteiger partial charge in [-0.1, -0.05) is 6.92 Å². The van der Waals surface area contributed by atoms with Gasteiger partial charge in [0.2, 0.25) is 15.9 Å². The van der Waals surface area contributed by atoms with E-state index in [1.807, 2.05) is 13.8 Å². The van der Waals surface area contributed by atoms with Gasteiger partial charge in [-0.2, -0.15) is 4.31 Å². The molecule has 1 amide bonds. The Morgan fingerprint density at radius 2 is 2.07 bits per heavy atom. The van der Waals surface area contributed by atoms with Crippen LogP contribution in [0.2, 0.25) is 0 Å². The highest BCUT2D eigenvalue weighted by Crippen LogP contribution is 2.37. The predicted molar refractivity (Wildman–Crippen MR) is 106 cm³/mol. The van der Waals surface area contributed by atoms with Crippen molar-refractivity contribution < 1.29 is 22.7 Å². The van der Waals surface area contributed by atoms with Crippen molar-refractivity contribution in [3.8, 4) is 0 Å².